The van der Waals surface area contributed by atoms with Gasteiger partial charge in [0.05, 0.1) is 12.4 Å². The van der Waals surface area contributed by atoms with Gasteiger partial charge in [-0.15, -0.1) is 0 Å². The van der Waals surface area contributed by atoms with Gasteiger partial charge < -0.3 is 9.16 Å². The molecule has 0 aromatic carbocycles. The van der Waals surface area contributed by atoms with Crippen LogP contribution in [0.25, 0.3) is 0 Å². The van der Waals surface area contributed by atoms with Gasteiger partial charge in [-0.3, -0.25) is 4.79 Å². The average Bonchev–Trinajstić information content (AvgIpc) is 2.25. The van der Waals surface area contributed by atoms with Gasteiger partial charge in [-0.1, -0.05) is 0 Å². The minimum Gasteiger partial charge on any atom is -0.548 e. The van der Waals surface area contributed by atoms with Crippen molar-refractivity contribution in [2.45, 2.75) is 58.7 Å². The number of hydrogen-bond acceptors (Lipinski definition) is 3. The van der Waals surface area contributed by atoms with Gasteiger partial charge in [0, 0.05) is 12.8 Å². The Hall–Kier alpha value is -0.773. The number of esters is 1. The van der Waals surface area contributed by atoms with Crippen molar-refractivity contribution in [2.75, 3.05) is 6.61 Å². The molecule has 0 saturated carbocycles. The summed E-state index contributed by atoms with van der Waals surface area (Å²) < 4.78 is 11.0. The summed E-state index contributed by atoms with van der Waals surface area (Å²) in [4.78, 5) is 11.3. The fourth-order valence-electron chi connectivity index (χ4n) is 2.21. The Kier molecular flexibility index (Phi) is 5.92. The van der Waals surface area contributed by atoms with Crippen LogP contribution in [-0.2, 0) is 14.0 Å². The third-order valence-corrected chi connectivity index (χ3v) is 3.76. The molecule has 0 amide bonds. The Morgan fingerprint density at radius 1 is 1.44 bits per heavy atom. The summed E-state index contributed by atoms with van der Waals surface area (Å²) in [5, 5.41) is 0. The molecule has 0 aliphatic heterocycles. The Morgan fingerprint density at radius 2 is 2.17 bits per heavy atom. The standard InChI is InChI=1S/C14H26O3Si/c1-5-16-14(15)10-9-12-7-6-8-13(11-12)17-18(2,3)4/h11-12H,5-10H2,1-4H3/t12-/m0/s1. The fraction of sp³-hybridized carbons (Fsp3) is 0.786. The van der Waals surface area contributed by atoms with Crippen molar-refractivity contribution in [2.24, 2.45) is 5.92 Å². The minimum atomic E-state index is -1.49. The van der Waals surface area contributed by atoms with E-state index in [1.807, 2.05) is 6.92 Å². The second-order valence-electron chi connectivity index (χ2n) is 5.84. The highest BCUT2D eigenvalue weighted by Crippen LogP contribution is 2.28. The van der Waals surface area contributed by atoms with Crippen molar-refractivity contribution in [3.63, 3.8) is 0 Å². The van der Waals surface area contributed by atoms with Crippen LogP contribution in [0, 0.1) is 5.92 Å². The Labute approximate surface area is 112 Å². The van der Waals surface area contributed by atoms with E-state index in [1.165, 1.54) is 6.42 Å². The maximum absolute atomic E-state index is 11.3. The van der Waals surface area contributed by atoms with E-state index >= 15 is 0 Å². The van der Waals surface area contributed by atoms with E-state index in [0.29, 0.717) is 18.9 Å². The summed E-state index contributed by atoms with van der Waals surface area (Å²) in [6.45, 7) is 8.93. The molecule has 0 saturated heterocycles. The van der Waals surface area contributed by atoms with E-state index in [1.54, 1.807) is 0 Å². The summed E-state index contributed by atoms with van der Waals surface area (Å²) in [7, 11) is -1.49. The third kappa shape index (κ3) is 6.24. The lowest BCUT2D eigenvalue weighted by molar-refractivity contribution is -0.143. The molecule has 1 rings (SSSR count). The van der Waals surface area contributed by atoms with E-state index < -0.39 is 8.32 Å². The largest absolute Gasteiger partial charge is 0.548 e. The third-order valence-electron chi connectivity index (χ3n) is 2.88. The number of rotatable bonds is 6. The normalized spacial score (nSPS) is 20.2. The molecule has 0 unspecified atom stereocenters. The van der Waals surface area contributed by atoms with Crippen LogP contribution >= 0.6 is 0 Å². The van der Waals surface area contributed by atoms with Crippen molar-refractivity contribution in [1.82, 2.24) is 0 Å². The first-order chi connectivity index (χ1) is 8.40. The number of carbonyl (C=O) groups excluding carboxylic acids is 1. The number of carbonyl (C=O) groups is 1. The molecular formula is C14H26O3Si. The first-order valence-corrected chi connectivity index (χ1v) is 10.4. The predicted molar refractivity (Wildman–Crippen MR) is 75.7 cm³/mol. The molecule has 4 heteroatoms. The van der Waals surface area contributed by atoms with Crippen molar-refractivity contribution in [3.05, 3.63) is 11.8 Å². The zero-order chi connectivity index (χ0) is 13.6. The van der Waals surface area contributed by atoms with Gasteiger partial charge in [-0.2, -0.15) is 0 Å². The summed E-state index contributed by atoms with van der Waals surface area (Å²) in [5.41, 5.74) is 0. The van der Waals surface area contributed by atoms with Crippen LogP contribution in [-0.4, -0.2) is 20.9 Å². The SMILES string of the molecule is CCOC(=O)CC[C@H]1C=C(O[Si](C)(C)C)CCC1. The van der Waals surface area contributed by atoms with E-state index in [4.69, 9.17) is 9.16 Å². The van der Waals surface area contributed by atoms with E-state index in [2.05, 4.69) is 25.7 Å². The quantitative estimate of drug-likeness (QED) is 0.543. The summed E-state index contributed by atoms with van der Waals surface area (Å²) in [5.74, 6) is 1.55. The summed E-state index contributed by atoms with van der Waals surface area (Å²) in [6, 6.07) is 0. The number of allylic oxidation sites excluding steroid dienone is 2. The Morgan fingerprint density at radius 3 is 2.78 bits per heavy atom. The molecule has 0 fully saturated rings. The molecule has 18 heavy (non-hydrogen) atoms. The molecule has 1 aliphatic carbocycles. The van der Waals surface area contributed by atoms with E-state index in [9.17, 15) is 4.79 Å². The van der Waals surface area contributed by atoms with Crippen LogP contribution in [0.2, 0.25) is 19.6 Å². The zero-order valence-electron chi connectivity index (χ0n) is 12.1. The lowest BCUT2D eigenvalue weighted by Crippen LogP contribution is -2.26. The van der Waals surface area contributed by atoms with Crippen LogP contribution in [0.1, 0.15) is 39.0 Å². The molecule has 0 spiro atoms. The molecule has 3 nitrogen and oxygen atoms in total. The van der Waals surface area contributed by atoms with Crippen molar-refractivity contribution < 1.29 is 14.0 Å². The molecular weight excluding hydrogens is 244 g/mol. The van der Waals surface area contributed by atoms with Crippen LogP contribution in [0.15, 0.2) is 11.8 Å². The van der Waals surface area contributed by atoms with Gasteiger partial charge in [0.2, 0.25) is 8.32 Å². The zero-order valence-corrected chi connectivity index (χ0v) is 13.1. The van der Waals surface area contributed by atoms with Crippen molar-refractivity contribution in [1.29, 1.82) is 0 Å². The van der Waals surface area contributed by atoms with Gasteiger partial charge in [0.1, 0.15) is 0 Å². The number of hydrogen-bond donors (Lipinski definition) is 0. The highest BCUT2D eigenvalue weighted by Gasteiger charge is 2.21. The van der Waals surface area contributed by atoms with Crippen LogP contribution < -0.4 is 0 Å². The lowest BCUT2D eigenvalue weighted by atomic mass is 9.91. The first kappa shape index (κ1) is 15.3. The molecule has 0 heterocycles. The van der Waals surface area contributed by atoms with Gasteiger partial charge in [-0.25, -0.2) is 0 Å². The van der Waals surface area contributed by atoms with Crippen LogP contribution in [0.4, 0.5) is 0 Å². The summed E-state index contributed by atoms with van der Waals surface area (Å²) >= 11 is 0. The average molecular weight is 270 g/mol. The topological polar surface area (TPSA) is 35.5 Å². The maximum Gasteiger partial charge on any atom is 0.305 e. The maximum atomic E-state index is 11.3. The highest BCUT2D eigenvalue weighted by molar-refractivity contribution is 6.70. The molecule has 104 valence electrons. The Bertz CT molecular complexity index is 305. The molecule has 0 aromatic heterocycles. The van der Waals surface area contributed by atoms with E-state index in [0.717, 1.165) is 25.0 Å². The first-order valence-electron chi connectivity index (χ1n) is 6.96. The van der Waals surface area contributed by atoms with Gasteiger partial charge in [0.25, 0.3) is 0 Å². The van der Waals surface area contributed by atoms with Gasteiger partial charge in [0.15, 0.2) is 0 Å². The summed E-state index contributed by atoms with van der Waals surface area (Å²) in [6.07, 6.45) is 7.04. The minimum absolute atomic E-state index is 0.0795. The molecule has 0 bridgehead atoms. The van der Waals surface area contributed by atoms with Crippen LogP contribution in [0.3, 0.4) is 0 Å². The predicted octanol–water partition coefficient (Wildman–Crippen LogP) is 3.87. The van der Waals surface area contributed by atoms with Gasteiger partial charge >= 0.3 is 5.97 Å². The molecule has 0 aromatic rings. The van der Waals surface area contributed by atoms with Crippen LogP contribution in [0.5, 0.6) is 0 Å². The molecule has 1 aliphatic rings. The molecule has 0 N–H and O–H groups in total. The van der Waals surface area contributed by atoms with Crippen molar-refractivity contribution >= 4 is 14.3 Å². The van der Waals surface area contributed by atoms with Crippen molar-refractivity contribution in [3.8, 4) is 0 Å². The second-order valence-corrected chi connectivity index (χ2v) is 10.3. The van der Waals surface area contributed by atoms with Gasteiger partial charge in [-0.05, 0) is 57.8 Å². The number of ether oxygens (including phenoxy) is 1. The second kappa shape index (κ2) is 6.97. The highest BCUT2D eigenvalue weighted by atomic mass is 28.4. The Balaban J connectivity index is 2.42. The smallest absolute Gasteiger partial charge is 0.305 e. The lowest BCUT2D eigenvalue weighted by Gasteiger charge is -2.27. The molecule has 0 radical (unpaired) electrons. The monoisotopic (exact) mass is 270 g/mol. The van der Waals surface area contributed by atoms with E-state index in [-0.39, 0.29) is 5.97 Å². The fourth-order valence-corrected chi connectivity index (χ4v) is 3.17. The molecule has 1 atom stereocenters.